The molecule has 0 aliphatic heterocycles. The van der Waals surface area contributed by atoms with E-state index in [-0.39, 0.29) is 0 Å². The number of nitrogens with one attached hydrogen (secondary N) is 1. The molecule has 1 aliphatic rings. The Morgan fingerprint density at radius 2 is 2.00 bits per heavy atom. The van der Waals surface area contributed by atoms with Gasteiger partial charge in [0.2, 0.25) is 0 Å². The Hall–Kier alpha value is -0.380. The van der Waals surface area contributed by atoms with Crippen molar-refractivity contribution in [1.29, 1.82) is 0 Å². The predicted octanol–water partition coefficient (Wildman–Crippen LogP) is 4.55. The van der Waals surface area contributed by atoms with Crippen LogP contribution in [0.5, 0.6) is 0 Å². The maximum absolute atomic E-state index is 4.03. The molecule has 1 aromatic rings. The SMILES string of the molecule is CC(C)CC(CN(C)C)NC(c1cccs1)C1CCCC1. The minimum Gasteiger partial charge on any atom is -0.308 e. The van der Waals surface area contributed by atoms with Gasteiger partial charge in [-0.25, -0.2) is 0 Å². The van der Waals surface area contributed by atoms with Crippen LogP contribution in [-0.2, 0) is 0 Å². The third-order valence-corrected chi connectivity index (χ3v) is 5.43. The molecule has 2 atom stereocenters. The summed E-state index contributed by atoms with van der Waals surface area (Å²) >= 11 is 1.92. The van der Waals surface area contributed by atoms with Crippen molar-refractivity contribution < 1.29 is 0 Å². The van der Waals surface area contributed by atoms with Crippen LogP contribution >= 0.6 is 11.3 Å². The lowest BCUT2D eigenvalue weighted by Crippen LogP contribution is -2.42. The maximum atomic E-state index is 4.03. The van der Waals surface area contributed by atoms with E-state index in [9.17, 15) is 0 Å². The molecule has 1 aromatic heterocycles. The minimum absolute atomic E-state index is 0.566. The Balaban J connectivity index is 2.07. The zero-order valence-corrected chi connectivity index (χ0v) is 15.0. The van der Waals surface area contributed by atoms with Crippen molar-refractivity contribution in [3.63, 3.8) is 0 Å². The summed E-state index contributed by atoms with van der Waals surface area (Å²) in [6.45, 7) is 5.80. The summed E-state index contributed by atoms with van der Waals surface area (Å²) in [7, 11) is 4.37. The van der Waals surface area contributed by atoms with Crippen LogP contribution in [0.3, 0.4) is 0 Å². The topological polar surface area (TPSA) is 15.3 Å². The summed E-state index contributed by atoms with van der Waals surface area (Å²) in [6, 6.07) is 5.68. The Kier molecular flexibility index (Phi) is 6.72. The monoisotopic (exact) mass is 308 g/mol. The van der Waals surface area contributed by atoms with Gasteiger partial charge in [0.15, 0.2) is 0 Å². The van der Waals surface area contributed by atoms with E-state index in [1.165, 1.54) is 37.0 Å². The molecular weight excluding hydrogens is 276 g/mol. The van der Waals surface area contributed by atoms with Crippen molar-refractivity contribution in [2.45, 2.75) is 58.0 Å². The molecule has 0 amide bonds. The molecule has 3 heteroatoms. The molecule has 0 saturated heterocycles. The average molecular weight is 309 g/mol. The van der Waals surface area contributed by atoms with Crippen molar-refractivity contribution >= 4 is 11.3 Å². The van der Waals surface area contributed by atoms with E-state index in [1.54, 1.807) is 0 Å². The summed E-state index contributed by atoms with van der Waals surface area (Å²) < 4.78 is 0. The fourth-order valence-electron chi connectivity index (χ4n) is 3.67. The van der Waals surface area contributed by atoms with Crippen molar-refractivity contribution in [2.75, 3.05) is 20.6 Å². The lowest BCUT2D eigenvalue weighted by Gasteiger charge is -2.32. The van der Waals surface area contributed by atoms with E-state index in [0.717, 1.165) is 18.4 Å². The molecule has 2 nitrogen and oxygen atoms in total. The second-order valence-corrected chi connectivity index (χ2v) is 8.27. The number of hydrogen-bond acceptors (Lipinski definition) is 3. The fraction of sp³-hybridized carbons (Fsp3) is 0.778. The third-order valence-electron chi connectivity index (χ3n) is 4.48. The summed E-state index contributed by atoms with van der Waals surface area (Å²) in [6.07, 6.45) is 6.87. The van der Waals surface area contributed by atoms with Gasteiger partial charge in [-0.15, -0.1) is 11.3 Å². The molecule has 0 bridgehead atoms. The van der Waals surface area contributed by atoms with Crippen LogP contribution in [-0.4, -0.2) is 31.6 Å². The smallest absolute Gasteiger partial charge is 0.0445 e. The van der Waals surface area contributed by atoms with Crippen LogP contribution in [0.4, 0.5) is 0 Å². The summed E-state index contributed by atoms with van der Waals surface area (Å²) in [4.78, 5) is 3.86. The quantitative estimate of drug-likeness (QED) is 0.758. The molecule has 0 radical (unpaired) electrons. The van der Waals surface area contributed by atoms with Crippen LogP contribution in [0.15, 0.2) is 17.5 Å². The Morgan fingerprint density at radius 1 is 1.29 bits per heavy atom. The van der Waals surface area contributed by atoms with Crippen molar-refractivity contribution in [3.05, 3.63) is 22.4 Å². The zero-order valence-electron chi connectivity index (χ0n) is 14.1. The highest BCUT2D eigenvalue weighted by Crippen LogP contribution is 2.37. The molecule has 2 unspecified atom stereocenters. The third kappa shape index (κ3) is 5.39. The van der Waals surface area contributed by atoms with E-state index in [2.05, 4.69) is 55.7 Å². The van der Waals surface area contributed by atoms with Gasteiger partial charge in [0.25, 0.3) is 0 Å². The number of hydrogen-bond donors (Lipinski definition) is 1. The summed E-state index contributed by atoms with van der Waals surface area (Å²) in [5.41, 5.74) is 0. The Bertz CT molecular complexity index is 370. The Labute approximate surface area is 134 Å². The molecule has 1 saturated carbocycles. The molecule has 0 spiro atoms. The van der Waals surface area contributed by atoms with Gasteiger partial charge in [-0.2, -0.15) is 0 Å². The molecule has 0 aromatic carbocycles. The molecule has 1 fully saturated rings. The molecule has 120 valence electrons. The van der Waals surface area contributed by atoms with E-state index in [4.69, 9.17) is 0 Å². The van der Waals surface area contributed by atoms with Crippen LogP contribution in [0, 0.1) is 11.8 Å². The number of rotatable bonds is 8. The molecular formula is C18H32N2S. The van der Waals surface area contributed by atoms with E-state index in [0.29, 0.717) is 12.1 Å². The molecule has 1 aliphatic carbocycles. The van der Waals surface area contributed by atoms with Gasteiger partial charge in [0, 0.05) is 23.5 Å². The highest BCUT2D eigenvalue weighted by atomic mass is 32.1. The second kappa shape index (κ2) is 8.30. The average Bonchev–Trinajstić information content (AvgIpc) is 3.08. The standard InChI is InChI=1S/C18H32N2S/c1-14(2)12-16(13-20(3)4)19-18(15-8-5-6-9-15)17-10-7-11-21-17/h7,10-11,14-16,18-19H,5-6,8-9,12-13H2,1-4H3. The first-order valence-electron chi connectivity index (χ1n) is 8.50. The van der Waals surface area contributed by atoms with E-state index >= 15 is 0 Å². The van der Waals surface area contributed by atoms with Gasteiger partial charge < -0.3 is 10.2 Å². The van der Waals surface area contributed by atoms with Crippen molar-refractivity contribution in [2.24, 2.45) is 11.8 Å². The maximum Gasteiger partial charge on any atom is 0.0445 e. The van der Waals surface area contributed by atoms with Crippen LogP contribution in [0.2, 0.25) is 0 Å². The summed E-state index contributed by atoms with van der Waals surface area (Å²) in [5, 5.41) is 6.25. The van der Waals surface area contributed by atoms with Crippen LogP contribution < -0.4 is 5.32 Å². The first kappa shape index (κ1) is 17.0. The zero-order chi connectivity index (χ0) is 15.2. The van der Waals surface area contributed by atoms with Crippen molar-refractivity contribution in [3.8, 4) is 0 Å². The predicted molar refractivity (Wildman–Crippen MR) is 94.0 cm³/mol. The van der Waals surface area contributed by atoms with Gasteiger partial charge in [0.05, 0.1) is 0 Å². The van der Waals surface area contributed by atoms with Crippen molar-refractivity contribution in [1.82, 2.24) is 10.2 Å². The van der Waals surface area contributed by atoms with Gasteiger partial charge in [-0.1, -0.05) is 32.8 Å². The number of likely N-dealkylation sites (N-methyl/N-ethyl adjacent to an activating group) is 1. The molecule has 2 rings (SSSR count). The van der Waals surface area contributed by atoms with Gasteiger partial charge in [-0.05, 0) is 56.6 Å². The highest BCUT2D eigenvalue weighted by molar-refractivity contribution is 7.10. The second-order valence-electron chi connectivity index (χ2n) is 7.29. The van der Waals surface area contributed by atoms with Gasteiger partial charge in [0.1, 0.15) is 0 Å². The van der Waals surface area contributed by atoms with Crippen LogP contribution in [0.1, 0.15) is 56.9 Å². The van der Waals surface area contributed by atoms with E-state index in [1.807, 2.05) is 11.3 Å². The first-order chi connectivity index (χ1) is 10.1. The summed E-state index contributed by atoms with van der Waals surface area (Å²) in [5.74, 6) is 1.58. The highest BCUT2D eigenvalue weighted by Gasteiger charge is 2.29. The van der Waals surface area contributed by atoms with Gasteiger partial charge in [-0.3, -0.25) is 0 Å². The normalized spacial score (nSPS) is 19.5. The largest absolute Gasteiger partial charge is 0.308 e. The van der Waals surface area contributed by atoms with Crippen LogP contribution in [0.25, 0.3) is 0 Å². The molecule has 1 heterocycles. The molecule has 1 N–H and O–H groups in total. The van der Waals surface area contributed by atoms with E-state index < -0.39 is 0 Å². The first-order valence-corrected chi connectivity index (χ1v) is 9.38. The lowest BCUT2D eigenvalue weighted by molar-refractivity contribution is 0.256. The fourth-order valence-corrected chi connectivity index (χ4v) is 4.55. The molecule has 21 heavy (non-hydrogen) atoms. The Morgan fingerprint density at radius 3 is 2.52 bits per heavy atom. The number of thiophene rings is 1. The minimum atomic E-state index is 0.566. The van der Waals surface area contributed by atoms with Gasteiger partial charge >= 0.3 is 0 Å². The lowest BCUT2D eigenvalue weighted by atomic mass is 9.94. The number of nitrogens with zero attached hydrogens (tertiary/aromatic N) is 1.